The van der Waals surface area contributed by atoms with Crippen molar-refractivity contribution in [2.24, 2.45) is 11.3 Å². The van der Waals surface area contributed by atoms with Crippen molar-refractivity contribution in [2.45, 2.75) is 33.8 Å². The molecule has 1 saturated heterocycles. The fourth-order valence-corrected chi connectivity index (χ4v) is 4.23. The Bertz CT molecular complexity index is 252. The molecule has 0 radical (unpaired) electrons. The van der Waals surface area contributed by atoms with Crippen molar-refractivity contribution in [2.75, 3.05) is 13.7 Å². The second kappa shape index (κ2) is 4.37. The second-order valence-electron chi connectivity index (χ2n) is 4.66. The van der Waals surface area contributed by atoms with Crippen molar-refractivity contribution in [3.63, 3.8) is 0 Å². The van der Waals surface area contributed by atoms with Crippen molar-refractivity contribution >= 4 is 21.3 Å². The summed E-state index contributed by atoms with van der Waals surface area (Å²) in [5.41, 5.74) is 0.0556. The molecule has 0 bridgehead atoms. The molecule has 0 unspecified atom stereocenters. The number of rotatable bonds is 2. The van der Waals surface area contributed by atoms with E-state index in [1.165, 1.54) is 0 Å². The van der Waals surface area contributed by atoms with E-state index < -0.39 is 6.19 Å². The molecule has 2 atom stereocenters. The fraction of sp³-hybridized carbons (Fsp3) is 1.00. The Balaban J connectivity index is 2.83. The predicted molar refractivity (Wildman–Crippen MR) is 59.1 cm³/mol. The van der Waals surface area contributed by atoms with E-state index >= 15 is 0 Å². The number of hydrogen-bond acceptors (Lipinski definition) is 3. The fourth-order valence-electron chi connectivity index (χ4n) is 1.76. The zero-order valence-electron chi connectivity index (χ0n) is 9.44. The summed E-state index contributed by atoms with van der Waals surface area (Å²) in [6.45, 7) is 9.34. The molecule has 0 spiro atoms. The third-order valence-electron chi connectivity index (χ3n) is 2.44. The molecule has 84 valence electrons. The third-order valence-corrected chi connectivity index (χ3v) is 5.96. The molecule has 1 aliphatic rings. The maximum absolute atomic E-state index is 5.91. The van der Waals surface area contributed by atoms with Gasteiger partial charge in [-0.15, -0.1) is 0 Å². The molecule has 0 aromatic heterocycles. The molecular weight excluding hydrogens is 266 g/mol. The van der Waals surface area contributed by atoms with Crippen molar-refractivity contribution in [3.05, 3.63) is 0 Å². The van der Waals surface area contributed by atoms with Gasteiger partial charge in [0.2, 0.25) is 0 Å². The van der Waals surface area contributed by atoms with E-state index in [2.05, 4.69) is 42.8 Å². The Labute approximate surface area is 94.0 Å². The van der Waals surface area contributed by atoms with Gasteiger partial charge < -0.3 is 0 Å². The Kier molecular flexibility index (Phi) is 4.02. The van der Waals surface area contributed by atoms with Crippen LogP contribution in [0.2, 0.25) is 0 Å². The summed E-state index contributed by atoms with van der Waals surface area (Å²) in [4.78, 5) is 0. The van der Waals surface area contributed by atoms with Crippen LogP contribution in [0.25, 0.3) is 0 Å². The van der Waals surface area contributed by atoms with Crippen LogP contribution in [0.3, 0.4) is 0 Å². The quantitative estimate of drug-likeness (QED) is 0.576. The molecule has 1 rings (SSSR count). The molecule has 1 fully saturated rings. The summed E-state index contributed by atoms with van der Waals surface area (Å²) in [7, 11) is 1.62. The first-order valence-electron chi connectivity index (χ1n) is 4.79. The summed E-state index contributed by atoms with van der Waals surface area (Å²) in [5.74, 6) is 0.469. The zero-order chi connectivity index (χ0) is 11.0. The number of hydrogen-bond donors (Lipinski definition) is 0. The van der Waals surface area contributed by atoms with E-state index in [0.717, 1.165) is 0 Å². The Hall–Kier alpha value is 0.829. The molecule has 0 saturated carbocycles. The standard InChI is InChI=1S/C9H19O3PSe/c1-7(2)8-9(3,4)6-11-13(14,10-5)12-8/h7-8H,6H2,1-5H3/t8-,13-/m1/s1. The van der Waals surface area contributed by atoms with E-state index in [0.29, 0.717) is 12.5 Å². The second-order valence-corrected chi connectivity index (χ2v) is 9.21. The van der Waals surface area contributed by atoms with Crippen LogP contribution in [0.15, 0.2) is 0 Å². The van der Waals surface area contributed by atoms with Crippen molar-refractivity contribution in [1.82, 2.24) is 0 Å². The van der Waals surface area contributed by atoms with Crippen LogP contribution in [0, 0.1) is 11.3 Å². The molecule has 1 aliphatic heterocycles. The third kappa shape index (κ3) is 2.69. The van der Waals surface area contributed by atoms with E-state index in [1.54, 1.807) is 7.11 Å². The van der Waals surface area contributed by atoms with Crippen molar-refractivity contribution in [1.29, 1.82) is 0 Å². The van der Waals surface area contributed by atoms with E-state index in [9.17, 15) is 0 Å². The average Bonchev–Trinajstić information content (AvgIpc) is 2.09. The molecule has 0 aromatic carbocycles. The van der Waals surface area contributed by atoms with Crippen molar-refractivity contribution in [3.8, 4) is 0 Å². The molecule has 0 aliphatic carbocycles. The first-order valence-corrected chi connectivity index (χ1v) is 8.55. The van der Waals surface area contributed by atoms with E-state index in [4.69, 9.17) is 13.6 Å². The molecule has 1 heterocycles. The van der Waals surface area contributed by atoms with Gasteiger partial charge in [-0.05, 0) is 0 Å². The zero-order valence-corrected chi connectivity index (χ0v) is 12.0. The summed E-state index contributed by atoms with van der Waals surface area (Å²) in [6, 6.07) is 0. The van der Waals surface area contributed by atoms with Crippen molar-refractivity contribution < 1.29 is 13.6 Å². The van der Waals surface area contributed by atoms with Gasteiger partial charge in [0.1, 0.15) is 0 Å². The summed E-state index contributed by atoms with van der Waals surface area (Å²) >= 11 is 2.91. The molecule has 0 aromatic rings. The maximum atomic E-state index is 5.91. The Morgan fingerprint density at radius 1 is 1.50 bits per heavy atom. The van der Waals surface area contributed by atoms with Gasteiger partial charge in [-0.2, -0.15) is 0 Å². The van der Waals surface area contributed by atoms with Gasteiger partial charge in [0.25, 0.3) is 0 Å². The van der Waals surface area contributed by atoms with Crippen LogP contribution in [-0.4, -0.2) is 34.9 Å². The SMILES string of the molecule is CO[P@@]1(=[Se])OCC(C)(C)[C@@H](C(C)C)O1. The molecule has 5 heteroatoms. The van der Waals surface area contributed by atoms with E-state index in [1.807, 2.05) is 0 Å². The summed E-state index contributed by atoms with van der Waals surface area (Å²) in [6.07, 6.45) is -1.97. The van der Waals surface area contributed by atoms with Gasteiger partial charge in [-0.3, -0.25) is 0 Å². The first kappa shape index (κ1) is 12.9. The van der Waals surface area contributed by atoms with Crippen LogP contribution in [0.5, 0.6) is 0 Å². The average molecular weight is 285 g/mol. The van der Waals surface area contributed by atoms with Gasteiger partial charge in [-0.25, -0.2) is 0 Å². The van der Waals surface area contributed by atoms with Crippen LogP contribution in [0.4, 0.5) is 0 Å². The van der Waals surface area contributed by atoms with Crippen LogP contribution < -0.4 is 0 Å². The minimum absolute atomic E-state index is 0.0556. The van der Waals surface area contributed by atoms with Gasteiger partial charge in [0.15, 0.2) is 0 Å². The predicted octanol–water partition coefficient (Wildman–Crippen LogP) is 2.58. The topological polar surface area (TPSA) is 27.7 Å². The van der Waals surface area contributed by atoms with Crippen LogP contribution >= 0.6 is 6.19 Å². The normalized spacial score (nSPS) is 37.4. The summed E-state index contributed by atoms with van der Waals surface area (Å²) < 4.78 is 16.8. The molecular formula is C9H19O3PSe. The monoisotopic (exact) mass is 286 g/mol. The van der Waals surface area contributed by atoms with Gasteiger partial charge in [0, 0.05) is 0 Å². The van der Waals surface area contributed by atoms with Crippen LogP contribution in [0.1, 0.15) is 27.7 Å². The summed E-state index contributed by atoms with van der Waals surface area (Å²) in [5, 5.41) is 0. The first-order chi connectivity index (χ1) is 6.31. The molecule has 0 amide bonds. The van der Waals surface area contributed by atoms with Gasteiger partial charge in [0.05, 0.1) is 0 Å². The Morgan fingerprint density at radius 3 is 2.50 bits per heavy atom. The van der Waals surface area contributed by atoms with Gasteiger partial charge in [-0.1, -0.05) is 0 Å². The van der Waals surface area contributed by atoms with Crippen LogP contribution in [-0.2, 0) is 13.6 Å². The van der Waals surface area contributed by atoms with Gasteiger partial charge >= 0.3 is 93.7 Å². The Morgan fingerprint density at radius 2 is 2.07 bits per heavy atom. The molecule has 3 nitrogen and oxygen atoms in total. The molecule has 0 N–H and O–H groups in total. The minimum atomic E-state index is -2.16. The van der Waals surface area contributed by atoms with E-state index in [-0.39, 0.29) is 11.5 Å². The molecule has 14 heavy (non-hydrogen) atoms.